The highest BCUT2D eigenvalue weighted by Gasteiger charge is 2.34. The molecule has 0 aromatic heterocycles. The summed E-state index contributed by atoms with van der Waals surface area (Å²) in [5.74, 6) is 2.14. The molecule has 0 radical (unpaired) electrons. The molecule has 4 nitrogen and oxygen atoms in total. The average Bonchev–Trinajstić information content (AvgIpc) is 2.67. The van der Waals surface area contributed by atoms with Crippen molar-refractivity contribution in [3.8, 4) is 0 Å². The number of ether oxygens (including phenoxy) is 1. The van der Waals surface area contributed by atoms with Crippen LogP contribution in [0.1, 0.15) is 86.0 Å². The number of carboxylic acids is 1. The first-order chi connectivity index (χ1) is 13.6. The Balaban J connectivity index is 0.000000321. The molecule has 1 fully saturated rings. The predicted molar refractivity (Wildman–Crippen MR) is 116 cm³/mol. The summed E-state index contributed by atoms with van der Waals surface area (Å²) in [6.45, 7) is 9.98. The van der Waals surface area contributed by atoms with Crippen molar-refractivity contribution in [2.24, 2.45) is 29.1 Å². The predicted octanol–water partition coefficient (Wildman–Crippen LogP) is 6.16. The summed E-state index contributed by atoms with van der Waals surface area (Å²) in [4.78, 5) is 21.7. The van der Waals surface area contributed by atoms with Gasteiger partial charge < -0.3 is 9.84 Å². The summed E-state index contributed by atoms with van der Waals surface area (Å²) in [6.07, 6.45) is 15.7. The summed E-state index contributed by atoms with van der Waals surface area (Å²) < 4.78 is 5.49. The van der Waals surface area contributed by atoms with Crippen molar-refractivity contribution in [2.75, 3.05) is 0 Å². The molecule has 4 unspecified atom stereocenters. The zero-order chi connectivity index (χ0) is 21.6. The smallest absolute Gasteiger partial charge is 0.309 e. The van der Waals surface area contributed by atoms with Crippen molar-refractivity contribution >= 4 is 11.9 Å². The number of aliphatic carboxylic acids is 1. The van der Waals surface area contributed by atoms with E-state index in [0.717, 1.165) is 37.0 Å². The topological polar surface area (TPSA) is 63.6 Å². The Morgan fingerprint density at radius 2 is 1.93 bits per heavy atom. The van der Waals surface area contributed by atoms with Gasteiger partial charge in [0.05, 0.1) is 5.41 Å². The number of carboxylic acid groups (broad SMARTS) is 1. The molecular formula is C25H40O4. The Morgan fingerprint density at radius 3 is 2.52 bits per heavy atom. The van der Waals surface area contributed by atoms with Crippen LogP contribution in [-0.2, 0) is 14.3 Å². The van der Waals surface area contributed by atoms with Crippen molar-refractivity contribution in [3.05, 3.63) is 23.8 Å². The lowest BCUT2D eigenvalue weighted by molar-refractivity contribution is -0.154. The van der Waals surface area contributed by atoms with Crippen LogP contribution in [0.4, 0.5) is 0 Å². The molecule has 29 heavy (non-hydrogen) atoms. The fourth-order valence-corrected chi connectivity index (χ4v) is 4.53. The molecule has 0 saturated carbocycles. The fraction of sp³-hybridized carbons (Fsp3) is 0.760. The van der Waals surface area contributed by atoms with E-state index in [-0.39, 0.29) is 12.1 Å². The molecule has 0 spiro atoms. The first kappa shape index (κ1) is 23.7. The standard InChI is InChI=1S/C19H28O2.C6H12O2/c1-13-6-10-18-15(12-13)8-7-14(2)17(18)11-9-16-4-3-5-19(20)21-16;1-4-6(2,3)5(7)8/h7-8,12-14,16-18H,3-6,9-11H2,1-2H3;4H2,1-3H3,(H,7,8)/t13-,14?,16?,17?,18?;/m1./s1. The minimum absolute atomic E-state index is 0.00918. The van der Waals surface area contributed by atoms with Gasteiger partial charge in [-0.2, -0.15) is 0 Å². The second kappa shape index (κ2) is 10.4. The highest BCUT2D eigenvalue weighted by molar-refractivity contribution is 5.73. The van der Waals surface area contributed by atoms with E-state index < -0.39 is 11.4 Å². The van der Waals surface area contributed by atoms with Crippen LogP contribution in [-0.4, -0.2) is 23.1 Å². The van der Waals surface area contributed by atoms with Crippen LogP contribution in [0.3, 0.4) is 0 Å². The highest BCUT2D eigenvalue weighted by Crippen LogP contribution is 2.43. The maximum Gasteiger partial charge on any atom is 0.309 e. The SMILES string of the molecule is CC1C=CC2=C[C@H](C)CCC2C1CCC1CCCC(=O)O1.CCC(C)(C)C(=O)O. The first-order valence-electron chi connectivity index (χ1n) is 11.5. The van der Waals surface area contributed by atoms with Gasteiger partial charge in [-0.15, -0.1) is 0 Å². The molecule has 3 rings (SSSR count). The zero-order valence-electron chi connectivity index (χ0n) is 18.9. The molecule has 1 heterocycles. The van der Waals surface area contributed by atoms with E-state index in [0.29, 0.717) is 18.8 Å². The summed E-state index contributed by atoms with van der Waals surface area (Å²) >= 11 is 0. The molecule has 0 amide bonds. The Kier molecular flexibility index (Phi) is 8.54. The molecule has 5 atom stereocenters. The van der Waals surface area contributed by atoms with Gasteiger partial charge in [-0.1, -0.05) is 39.0 Å². The van der Waals surface area contributed by atoms with Gasteiger partial charge in [-0.25, -0.2) is 0 Å². The van der Waals surface area contributed by atoms with Gasteiger partial charge in [-0.05, 0) is 88.0 Å². The minimum atomic E-state index is -0.722. The molecule has 4 heteroatoms. The van der Waals surface area contributed by atoms with E-state index >= 15 is 0 Å². The molecule has 0 aromatic carbocycles. The van der Waals surface area contributed by atoms with Crippen molar-refractivity contribution in [1.29, 1.82) is 0 Å². The molecule has 0 aromatic rings. The maximum absolute atomic E-state index is 11.4. The summed E-state index contributed by atoms with van der Waals surface area (Å²) in [5.41, 5.74) is 1.03. The van der Waals surface area contributed by atoms with Crippen LogP contribution in [0, 0.1) is 29.1 Å². The third-order valence-corrected chi connectivity index (χ3v) is 7.11. The van der Waals surface area contributed by atoms with E-state index in [9.17, 15) is 9.59 Å². The Labute approximate surface area is 176 Å². The van der Waals surface area contributed by atoms with Crippen LogP contribution in [0.15, 0.2) is 23.8 Å². The minimum Gasteiger partial charge on any atom is -0.481 e. The summed E-state index contributed by atoms with van der Waals surface area (Å²) in [6, 6.07) is 0. The zero-order valence-corrected chi connectivity index (χ0v) is 18.9. The normalized spacial score (nSPS) is 31.7. The van der Waals surface area contributed by atoms with Crippen LogP contribution < -0.4 is 0 Å². The number of fused-ring (bicyclic) bond motifs is 1. The molecule has 3 aliphatic rings. The van der Waals surface area contributed by atoms with Gasteiger partial charge in [0, 0.05) is 6.42 Å². The average molecular weight is 405 g/mol. The summed E-state index contributed by atoms with van der Waals surface area (Å²) in [5, 5.41) is 8.44. The Morgan fingerprint density at radius 1 is 1.21 bits per heavy atom. The first-order valence-corrected chi connectivity index (χ1v) is 11.5. The number of esters is 1. The lowest BCUT2D eigenvalue weighted by Gasteiger charge is -2.39. The van der Waals surface area contributed by atoms with Crippen LogP contribution in [0.2, 0.25) is 0 Å². The molecular weight excluding hydrogens is 364 g/mol. The van der Waals surface area contributed by atoms with E-state index in [1.165, 1.54) is 19.3 Å². The van der Waals surface area contributed by atoms with E-state index in [2.05, 4.69) is 32.1 Å². The van der Waals surface area contributed by atoms with Crippen molar-refractivity contribution < 1.29 is 19.4 Å². The number of carbonyl (C=O) groups is 2. The lowest BCUT2D eigenvalue weighted by Crippen LogP contribution is -2.30. The number of hydrogen-bond donors (Lipinski definition) is 1. The third kappa shape index (κ3) is 6.72. The molecule has 2 aliphatic carbocycles. The fourth-order valence-electron chi connectivity index (χ4n) is 4.53. The number of hydrogen-bond acceptors (Lipinski definition) is 3. The molecule has 1 aliphatic heterocycles. The number of cyclic esters (lactones) is 1. The van der Waals surface area contributed by atoms with E-state index in [4.69, 9.17) is 9.84 Å². The van der Waals surface area contributed by atoms with E-state index in [1.807, 2.05) is 6.92 Å². The third-order valence-electron chi connectivity index (χ3n) is 7.11. The molecule has 0 bridgehead atoms. The van der Waals surface area contributed by atoms with Gasteiger partial charge in [0.15, 0.2) is 0 Å². The van der Waals surface area contributed by atoms with Gasteiger partial charge in [0.1, 0.15) is 6.10 Å². The van der Waals surface area contributed by atoms with Crippen molar-refractivity contribution in [2.45, 2.75) is 92.1 Å². The van der Waals surface area contributed by atoms with Gasteiger partial charge in [-0.3, -0.25) is 9.59 Å². The maximum atomic E-state index is 11.4. The number of rotatable bonds is 5. The van der Waals surface area contributed by atoms with Crippen LogP contribution in [0.5, 0.6) is 0 Å². The lowest BCUT2D eigenvalue weighted by atomic mass is 9.66. The van der Waals surface area contributed by atoms with Gasteiger partial charge in [0.2, 0.25) is 0 Å². The van der Waals surface area contributed by atoms with Crippen LogP contribution in [0.25, 0.3) is 0 Å². The van der Waals surface area contributed by atoms with Crippen LogP contribution >= 0.6 is 0 Å². The monoisotopic (exact) mass is 404 g/mol. The Hall–Kier alpha value is -1.58. The van der Waals surface area contributed by atoms with E-state index in [1.54, 1.807) is 19.4 Å². The van der Waals surface area contributed by atoms with Gasteiger partial charge in [0.25, 0.3) is 0 Å². The summed E-state index contributed by atoms with van der Waals surface area (Å²) in [7, 11) is 0. The van der Waals surface area contributed by atoms with Crippen molar-refractivity contribution in [3.63, 3.8) is 0 Å². The highest BCUT2D eigenvalue weighted by atomic mass is 16.5. The quantitative estimate of drug-likeness (QED) is 0.557. The number of carbonyl (C=O) groups excluding carboxylic acids is 1. The largest absolute Gasteiger partial charge is 0.481 e. The molecule has 164 valence electrons. The van der Waals surface area contributed by atoms with Crippen molar-refractivity contribution in [1.82, 2.24) is 0 Å². The molecule has 1 N–H and O–H groups in total. The van der Waals surface area contributed by atoms with Gasteiger partial charge >= 0.3 is 11.9 Å². The Bertz CT molecular complexity index is 631. The molecule has 1 saturated heterocycles. The second-order valence-electron chi connectivity index (χ2n) is 9.83. The number of allylic oxidation sites excluding steroid dienone is 4. The second-order valence-corrected chi connectivity index (χ2v) is 9.83.